The second-order valence-electron chi connectivity index (χ2n) is 6.17. The smallest absolute Gasteiger partial charge is 0.154 e. The van der Waals surface area contributed by atoms with Crippen LogP contribution < -0.4 is 5.73 Å². The Bertz CT molecular complexity index is 347. The lowest BCUT2D eigenvalue weighted by Crippen LogP contribution is -2.43. The Labute approximate surface area is 111 Å². The Morgan fingerprint density at radius 2 is 1.39 bits per heavy atom. The van der Waals surface area contributed by atoms with Crippen molar-refractivity contribution in [1.82, 2.24) is 0 Å². The van der Waals surface area contributed by atoms with Crippen molar-refractivity contribution in [3.8, 4) is 0 Å². The van der Waals surface area contributed by atoms with Crippen molar-refractivity contribution in [2.45, 2.75) is 75.5 Å². The summed E-state index contributed by atoms with van der Waals surface area (Å²) >= 11 is 0. The lowest BCUT2D eigenvalue weighted by molar-refractivity contribution is 0.440. The van der Waals surface area contributed by atoms with Crippen molar-refractivity contribution >= 4 is 9.84 Å². The fourth-order valence-electron chi connectivity index (χ4n) is 3.55. The molecule has 0 radical (unpaired) electrons. The molecule has 0 aromatic carbocycles. The van der Waals surface area contributed by atoms with Crippen LogP contribution in [0.15, 0.2) is 0 Å². The van der Waals surface area contributed by atoms with Gasteiger partial charge in [-0.25, -0.2) is 8.42 Å². The maximum absolute atomic E-state index is 12.5. The molecule has 0 amide bonds. The van der Waals surface area contributed by atoms with E-state index in [2.05, 4.69) is 0 Å². The minimum absolute atomic E-state index is 0.128. The van der Waals surface area contributed by atoms with E-state index in [1.54, 1.807) is 0 Å². The lowest BCUT2D eigenvalue weighted by Gasteiger charge is -2.27. The Hall–Kier alpha value is -0.0900. The summed E-state index contributed by atoms with van der Waals surface area (Å²) in [6, 6.07) is -0.128. The summed E-state index contributed by atoms with van der Waals surface area (Å²) in [6.07, 6.45) is 10.8. The van der Waals surface area contributed by atoms with E-state index in [0.717, 1.165) is 38.5 Å². The van der Waals surface area contributed by atoms with Crippen molar-refractivity contribution in [2.75, 3.05) is 5.75 Å². The molecule has 4 heteroatoms. The first-order valence-electron chi connectivity index (χ1n) is 7.57. The highest BCUT2D eigenvalue weighted by Crippen LogP contribution is 2.29. The Morgan fingerprint density at radius 1 is 0.833 bits per heavy atom. The van der Waals surface area contributed by atoms with Gasteiger partial charge in [-0.1, -0.05) is 38.5 Å². The number of rotatable bonds is 3. The van der Waals surface area contributed by atoms with Crippen LogP contribution >= 0.6 is 0 Å². The molecular formula is C14H27NO2S. The van der Waals surface area contributed by atoms with Crippen molar-refractivity contribution < 1.29 is 8.42 Å². The van der Waals surface area contributed by atoms with Gasteiger partial charge in [0.25, 0.3) is 0 Å². The maximum atomic E-state index is 12.5. The van der Waals surface area contributed by atoms with Crippen LogP contribution in [0.3, 0.4) is 0 Å². The molecular weight excluding hydrogens is 246 g/mol. The van der Waals surface area contributed by atoms with Gasteiger partial charge in [-0.2, -0.15) is 0 Å². The zero-order chi connectivity index (χ0) is 13.0. The van der Waals surface area contributed by atoms with Crippen LogP contribution in [0.2, 0.25) is 0 Å². The summed E-state index contributed by atoms with van der Waals surface area (Å²) in [5.41, 5.74) is 6.13. The summed E-state index contributed by atoms with van der Waals surface area (Å²) in [6.45, 7) is 0. The van der Waals surface area contributed by atoms with Gasteiger partial charge in [-0.05, 0) is 31.6 Å². The molecule has 2 atom stereocenters. The molecule has 2 N–H and O–H groups in total. The predicted octanol–water partition coefficient (Wildman–Crippen LogP) is 2.64. The van der Waals surface area contributed by atoms with Gasteiger partial charge in [0.2, 0.25) is 0 Å². The first-order valence-corrected chi connectivity index (χ1v) is 9.28. The molecule has 0 heterocycles. The molecule has 2 aliphatic rings. The van der Waals surface area contributed by atoms with Gasteiger partial charge in [-0.3, -0.25) is 0 Å². The highest BCUT2D eigenvalue weighted by atomic mass is 32.2. The molecule has 2 unspecified atom stereocenters. The van der Waals surface area contributed by atoms with E-state index >= 15 is 0 Å². The van der Waals surface area contributed by atoms with Crippen molar-refractivity contribution in [3.63, 3.8) is 0 Å². The van der Waals surface area contributed by atoms with Gasteiger partial charge in [-0.15, -0.1) is 0 Å². The number of hydrogen-bond donors (Lipinski definition) is 1. The maximum Gasteiger partial charge on any atom is 0.154 e. The summed E-state index contributed by atoms with van der Waals surface area (Å²) in [4.78, 5) is 0. The van der Waals surface area contributed by atoms with Crippen molar-refractivity contribution in [2.24, 2.45) is 11.7 Å². The molecule has 2 rings (SSSR count). The van der Waals surface area contributed by atoms with Crippen LogP contribution in [0, 0.1) is 5.92 Å². The van der Waals surface area contributed by atoms with Gasteiger partial charge < -0.3 is 5.73 Å². The summed E-state index contributed by atoms with van der Waals surface area (Å²) < 4.78 is 25.1. The third kappa shape index (κ3) is 3.70. The van der Waals surface area contributed by atoms with E-state index in [1.165, 1.54) is 25.7 Å². The van der Waals surface area contributed by atoms with Crippen LogP contribution in [0.4, 0.5) is 0 Å². The molecule has 0 saturated heterocycles. The molecule has 106 valence electrons. The Morgan fingerprint density at radius 3 is 2.06 bits per heavy atom. The van der Waals surface area contributed by atoms with Gasteiger partial charge in [0.1, 0.15) is 0 Å². The second kappa shape index (κ2) is 6.38. The lowest BCUT2D eigenvalue weighted by atomic mass is 9.97. The topological polar surface area (TPSA) is 60.2 Å². The molecule has 3 nitrogen and oxygen atoms in total. The Balaban J connectivity index is 2.00. The molecule has 0 aliphatic heterocycles. The Kier molecular flexibility index (Phi) is 5.07. The molecule has 2 fully saturated rings. The first-order chi connectivity index (χ1) is 8.59. The fraction of sp³-hybridized carbons (Fsp3) is 1.00. The monoisotopic (exact) mass is 273 g/mol. The zero-order valence-electron chi connectivity index (χ0n) is 11.3. The molecule has 0 bridgehead atoms. The van der Waals surface area contributed by atoms with Gasteiger partial charge in [0.15, 0.2) is 9.84 Å². The van der Waals surface area contributed by atoms with Crippen molar-refractivity contribution in [3.05, 3.63) is 0 Å². The van der Waals surface area contributed by atoms with E-state index in [0.29, 0.717) is 11.7 Å². The fourth-order valence-corrected chi connectivity index (χ4v) is 5.99. The normalized spacial score (nSPS) is 32.1. The highest BCUT2D eigenvalue weighted by molar-refractivity contribution is 7.92. The minimum atomic E-state index is -2.98. The van der Waals surface area contributed by atoms with Gasteiger partial charge in [0, 0.05) is 6.04 Å². The molecule has 18 heavy (non-hydrogen) atoms. The molecule has 0 aromatic heterocycles. The van der Waals surface area contributed by atoms with Crippen LogP contribution in [0.25, 0.3) is 0 Å². The number of hydrogen-bond acceptors (Lipinski definition) is 3. The van der Waals surface area contributed by atoms with Gasteiger partial charge >= 0.3 is 0 Å². The van der Waals surface area contributed by atoms with Gasteiger partial charge in [0.05, 0.1) is 11.0 Å². The summed E-state index contributed by atoms with van der Waals surface area (Å²) in [7, 11) is -2.98. The standard InChI is InChI=1S/C14H27NO2S/c15-13-9-3-1-2-4-10-14(13)18(16,17)11-12-7-5-6-8-12/h12-14H,1-11,15H2. The quantitative estimate of drug-likeness (QED) is 0.860. The zero-order valence-corrected chi connectivity index (χ0v) is 12.1. The number of sulfone groups is 1. The molecule has 0 spiro atoms. The SMILES string of the molecule is NC1CCCCCCC1S(=O)(=O)CC1CCCC1. The van der Waals surface area contributed by atoms with E-state index < -0.39 is 9.84 Å². The average Bonchev–Trinajstić information content (AvgIpc) is 2.75. The van der Waals surface area contributed by atoms with E-state index in [-0.39, 0.29) is 11.3 Å². The number of nitrogens with two attached hydrogens (primary N) is 1. The third-order valence-corrected chi connectivity index (χ3v) is 7.10. The van der Waals surface area contributed by atoms with Crippen LogP contribution in [0.1, 0.15) is 64.2 Å². The van der Waals surface area contributed by atoms with Crippen molar-refractivity contribution in [1.29, 1.82) is 0 Å². The largest absolute Gasteiger partial charge is 0.327 e. The van der Waals surface area contributed by atoms with Crippen LogP contribution in [0.5, 0.6) is 0 Å². The average molecular weight is 273 g/mol. The molecule has 2 aliphatic carbocycles. The summed E-state index contributed by atoms with van der Waals surface area (Å²) in [5.74, 6) is 0.804. The first kappa shape index (κ1) is 14.3. The predicted molar refractivity (Wildman–Crippen MR) is 75.2 cm³/mol. The van der Waals surface area contributed by atoms with E-state index in [9.17, 15) is 8.42 Å². The van der Waals surface area contributed by atoms with Crippen LogP contribution in [-0.4, -0.2) is 25.5 Å². The van der Waals surface area contributed by atoms with E-state index in [4.69, 9.17) is 5.73 Å². The second-order valence-corrected chi connectivity index (χ2v) is 8.44. The van der Waals surface area contributed by atoms with Crippen LogP contribution in [-0.2, 0) is 9.84 Å². The minimum Gasteiger partial charge on any atom is -0.327 e. The molecule has 0 aromatic rings. The third-order valence-electron chi connectivity index (χ3n) is 4.66. The summed E-state index contributed by atoms with van der Waals surface area (Å²) in [5, 5.41) is -0.265. The molecule has 2 saturated carbocycles. The van der Waals surface area contributed by atoms with E-state index in [1.807, 2.05) is 0 Å². The highest BCUT2D eigenvalue weighted by Gasteiger charge is 2.34.